The highest BCUT2D eigenvalue weighted by atomic mass is 16.7. The molecule has 2 bridgehead atoms. The van der Waals surface area contributed by atoms with E-state index in [0.29, 0.717) is 43.8 Å². The van der Waals surface area contributed by atoms with E-state index in [-0.39, 0.29) is 30.9 Å². The van der Waals surface area contributed by atoms with Crippen molar-refractivity contribution in [1.82, 2.24) is 4.98 Å². The van der Waals surface area contributed by atoms with Crippen LogP contribution < -0.4 is 10.6 Å². The quantitative estimate of drug-likeness (QED) is 0.137. The highest BCUT2D eigenvalue weighted by Crippen LogP contribution is 2.57. The summed E-state index contributed by atoms with van der Waals surface area (Å²) in [5.41, 5.74) is -2.23. The third-order valence-corrected chi connectivity index (χ3v) is 13.7. The van der Waals surface area contributed by atoms with Crippen molar-refractivity contribution in [2.24, 2.45) is 23.2 Å². The van der Waals surface area contributed by atoms with Crippen molar-refractivity contribution in [3.8, 4) is 0 Å². The molecule has 7 rings (SSSR count). The number of carbonyl (C=O) groups excluding carboxylic acids is 1. The van der Waals surface area contributed by atoms with E-state index in [2.05, 4.69) is 24.6 Å². The first-order valence-corrected chi connectivity index (χ1v) is 19.7. The smallest absolute Gasteiger partial charge is 0.333 e. The number of aliphatic carboxylic acids is 1. The molecule has 4 fully saturated rings. The second-order valence-electron chi connectivity index (χ2n) is 16.5. The topological polar surface area (TPSA) is 188 Å². The summed E-state index contributed by atoms with van der Waals surface area (Å²) in [4.78, 5) is 28.9. The Morgan fingerprint density at radius 3 is 2.51 bits per heavy atom. The summed E-state index contributed by atoms with van der Waals surface area (Å²) in [6.45, 7) is 5.68. The van der Waals surface area contributed by atoms with Crippen LogP contribution in [0.1, 0.15) is 108 Å². The van der Waals surface area contributed by atoms with Crippen LogP contribution in [0.25, 0.3) is 11.3 Å². The Kier molecular flexibility index (Phi) is 10.8. The van der Waals surface area contributed by atoms with Crippen molar-refractivity contribution in [3.05, 3.63) is 46.6 Å². The fraction of sp³-hybridized carbons (Fsp3) is 0.707. The van der Waals surface area contributed by atoms with Gasteiger partial charge in [-0.3, -0.25) is 4.79 Å². The summed E-state index contributed by atoms with van der Waals surface area (Å²) in [5.74, 6) is -1.83. The number of carboxylic acid groups (broad SMARTS) is 1. The minimum Gasteiger partial charge on any atom is -0.481 e. The number of aromatic amines is 1. The predicted octanol–water partition coefficient (Wildman–Crippen LogP) is 3.05. The molecule has 1 aromatic heterocycles. The molecule has 53 heavy (non-hydrogen) atoms. The average molecular weight is 740 g/mol. The molecule has 9 atom stereocenters. The van der Waals surface area contributed by atoms with Crippen molar-refractivity contribution in [2.45, 2.75) is 139 Å². The highest BCUT2D eigenvalue weighted by Gasteiger charge is 2.70. The van der Waals surface area contributed by atoms with Crippen LogP contribution in [0.4, 0.5) is 0 Å². The Labute approximate surface area is 310 Å². The van der Waals surface area contributed by atoms with Gasteiger partial charge < -0.3 is 49.5 Å². The number of aliphatic hydroxyl groups excluding tert-OH is 3. The molecule has 12 nitrogen and oxygen atoms in total. The molecule has 6 N–H and O–H groups in total. The number of ether oxygens (including phenoxy) is 4. The van der Waals surface area contributed by atoms with Crippen molar-refractivity contribution in [3.63, 3.8) is 0 Å². The molecule has 0 amide bonds. The zero-order valence-corrected chi connectivity index (χ0v) is 31.1. The first kappa shape index (κ1) is 38.3. The van der Waals surface area contributed by atoms with Crippen molar-refractivity contribution >= 4 is 23.3 Å². The maximum absolute atomic E-state index is 13.1. The fourth-order valence-corrected chi connectivity index (χ4v) is 10.9. The van der Waals surface area contributed by atoms with E-state index in [4.69, 9.17) is 18.9 Å². The Bertz CT molecular complexity index is 1720. The number of aliphatic hydroxyl groups is 4. The fourth-order valence-electron chi connectivity index (χ4n) is 10.9. The van der Waals surface area contributed by atoms with Gasteiger partial charge in [0, 0.05) is 46.8 Å². The summed E-state index contributed by atoms with van der Waals surface area (Å²) >= 11 is 0. The Hall–Kier alpha value is -3.00. The van der Waals surface area contributed by atoms with Gasteiger partial charge in [-0.1, -0.05) is 51.2 Å². The van der Waals surface area contributed by atoms with E-state index in [1.165, 1.54) is 39.2 Å². The number of hydrogen-bond donors (Lipinski definition) is 6. The lowest BCUT2D eigenvalue weighted by molar-refractivity contribution is -0.378. The molecule has 4 aliphatic carbocycles. The molecule has 0 radical (unpaired) electrons. The molecule has 292 valence electrons. The van der Waals surface area contributed by atoms with Crippen LogP contribution in [-0.4, -0.2) is 98.6 Å². The molecular weight excluding hydrogens is 682 g/mol. The standard InChI is InChI=1S/C41H57NO11/c1-4-25-26(20-33(45)46)28(36(47)50-3)21-39(15-8-9-16-39)35(25)52-38-40(49)17-14-29-27-19-30(23(2)24-11-6-5-7-12-24)42-34(27)31(13-10-18-43)53-41(29,37(40)48)32(22-44)51-38/h4,19,21,23-26,32,35,37-38,42-44,48-49H,1,5-18,20,22H2,2-3H3,(H,45,46)/t23-,25-,26+,32-,35+,37-,38+,40-,41-/m1/s1. The van der Waals surface area contributed by atoms with Crippen LogP contribution in [0.5, 0.6) is 0 Å². The predicted molar refractivity (Wildman–Crippen MR) is 193 cm³/mol. The molecule has 3 saturated carbocycles. The molecule has 6 aliphatic rings. The van der Waals surface area contributed by atoms with Crippen molar-refractivity contribution in [2.75, 3.05) is 20.3 Å². The number of carboxylic acids is 1. The van der Waals surface area contributed by atoms with Crippen LogP contribution in [0, 0.1) is 23.2 Å². The van der Waals surface area contributed by atoms with Crippen LogP contribution in [-0.2, 0) is 28.5 Å². The number of H-pyrrole nitrogens is 1. The summed E-state index contributed by atoms with van der Waals surface area (Å²) in [7, 11) is 1.27. The van der Waals surface area contributed by atoms with Gasteiger partial charge in [0.1, 0.15) is 23.6 Å². The third kappa shape index (κ3) is 6.21. The molecule has 1 saturated heterocycles. The lowest BCUT2D eigenvalue weighted by atomic mass is 9.62. The van der Waals surface area contributed by atoms with E-state index in [1.807, 2.05) is 6.08 Å². The van der Waals surface area contributed by atoms with Gasteiger partial charge in [0.25, 0.3) is 0 Å². The molecule has 0 aromatic carbocycles. The summed E-state index contributed by atoms with van der Waals surface area (Å²) in [6, 6.07) is 2.15. The van der Waals surface area contributed by atoms with E-state index < -0.39 is 71.6 Å². The number of methoxy groups -OCH3 is 1. The summed E-state index contributed by atoms with van der Waals surface area (Å²) in [6.07, 6.45) is 8.33. The van der Waals surface area contributed by atoms with Gasteiger partial charge in [-0.2, -0.15) is 0 Å². The molecule has 12 heteroatoms. The van der Waals surface area contributed by atoms with E-state index in [0.717, 1.165) is 34.7 Å². The molecule has 3 heterocycles. The van der Waals surface area contributed by atoms with E-state index >= 15 is 0 Å². The van der Waals surface area contributed by atoms with Gasteiger partial charge in [0.05, 0.1) is 31.6 Å². The molecular formula is C41H57NO11. The van der Waals surface area contributed by atoms with Gasteiger partial charge in [0.2, 0.25) is 0 Å². The normalized spacial score (nSPS) is 35.5. The third-order valence-electron chi connectivity index (χ3n) is 13.7. The summed E-state index contributed by atoms with van der Waals surface area (Å²) < 4.78 is 25.4. The monoisotopic (exact) mass is 739 g/mol. The Morgan fingerprint density at radius 2 is 1.87 bits per heavy atom. The van der Waals surface area contributed by atoms with E-state index in [9.17, 15) is 35.1 Å². The van der Waals surface area contributed by atoms with Crippen LogP contribution >= 0.6 is 0 Å². The minimum atomic E-state index is -1.98. The van der Waals surface area contributed by atoms with Crippen molar-refractivity contribution < 1.29 is 54.1 Å². The molecule has 0 unspecified atom stereocenters. The number of carbonyl (C=O) groups is 2. The number of hydrogen-bond acceptors (Lipinski definition) is 10. The first-order valence-electron chi connectivity index (χ1n) is 19.7. The zero-order chi connectivity index (χ0) is 37.7. The lowest BCUT2D eigenvalue weighted by Crippen LogP contribution is -2.78. The van der Waals surface area contributed by atoms with Gasteiger partial charge >= 0.3 is 11.9 Å². The maximum atomic E-state index is 13.1. The lowest BCUT2D eigenvalue weighted by Gasteiger charge is -2.61. The first-order chi connectivity index (χ1) is 25.5. The van der Waals surface area contributed by atoms with E-state index in [1.54, 1.807) is 6.08 Å². The average Bonchev–Trinajstić information content (AvgIpc) is 3.82. The largest absolute Gasteiger partial charge is 0.481 e. The summed E-state index contributed by atoms with van der Waals surface area (Å²) in [5, 5.41) is 57.6. The van der Waals surface area contributed by atoms with Gasteiger partial charge in [0.15, 0.2) is 11.9 Å². The van der Waals surface area contributed by atoms with Gasteiger partial charge in [-0.25, -0.2) is 4.79 Å². The number of esters is 1. The van der Waals surface area contributed by atoms with Crippen LogP contribution in [0.15, 0.2) is 30.4 Å². The SMILES string of the molecule is C=C[C@@H]1[C@H](CC(=O)O)C(C(=O)OC)=CC2(CCCC2)[C@H]1O[C@@H]1O[C@H](CO)[C@]23OC(CCCO)=c4[nH]c([C@H](C)C5CCCCC5)cc4=C2CC[C@@]1(O)[C@H]3O. The van der Waals surface area contributed by atoms with Crippen LogP contribution in [0.3, 0.4) is 0 Å². The highest BCUT2D eigenvalue weighted by molar-refractivity contribution is 5.90. The van der Waals surface area contributed by atoms with Crippen LogP contribution in [0.2, 0.25) is 0 Å². The number of nitrogens with one attached hydrogen (secondary N) is 1. The van der Waals surface area contributed by atoms with Crippen molar-refractivity contribution in [1.29, 1.82) is 0 Å². The van der Waals surface area contributed by atoms with Gasteiger partial charge in [-0.15, -0.1) is 6.58 Å². The van der Waals surface area contributed by atoms with Gasteiger partial charge in [-0.05, 0) is 68.4 Å². The second kappa shape index (κ2) is 14.9. The molecule has 1 aromatic rings. The number of aromatic nitrogens is 1. The Morgan fingerprint density at radius 1 is 1.13 bits per heavy atom. The minimum absolute atomic E-state index is 0.0667. The zero-order valence-electron chi connectivity index (χ0n) is 31.1. The molecule has 2 spiro atoms. The number of fused-ring (bicyclic) bond motifs is 2. The Balaban J connectivity index is 1.29. The molecule has 2 aliphatic heterocycles. The second-order valence-corrected chi connectivity index (χ2v) is 16.5. The maximum Gasteiger partial charge on any atom is 0.333 e. The number of rotatable bonds is 12.